The fourth-order valence-corrected chi connectivity index (χ4v) is 2.92. The second kappa shape index (κ2) is 9.34. The van der Waals surface area contributed by atoms with Gasteiger partial charge in [0.25, 0.3) is 5.91 Å². The Kier molecular flexibility index (Phi) is 7.13. The van der Waals surface area contributed by atoms with Crippen LogP contribution in [0.3, 0.4) is 0 Å². The van der Waals surface area contributed by atoms with Crippen LogP contribution < -0.4 is 15.2 Å². The number of esters is 1. The van der Waals surface area contributed by atoms with Gasteiger partial charge in [0, 0.05) is 5.69 Å². The Morgan fingerprint density at radius 1 is 1.07 bits per heavy atom. The number of anilines is 1. The Hall–Kier alpha value is -2.91. The van der Waals surface area contributed by atoms with Crippen LogP contribution in [0.4, 0.5) is 5.69 Å². The lowest BCUT2D eigenvalue weighted by Crippen LogP contribution is -2.24. The first kappa shape index (κ1) is 21.4. The molecule has 2 aromatic rings. The van der Waals surface area contributed by atoms with Gasteiger partial charge in [-0.3, -0.25) is 4.79 Å². The molecule has 2 rings (SSSR count). The zero-order chi connectivity index (χ0) is 20.7. The molecule has 0 unspecified atom stereocenters. The molecule has 0 atom stereocenters. The van der Waals surface area contributed by atoms with Crippen LogP contribution in [-0.4, -0.2) is 33.5 Å². The number of rotatable bonds is 8. The zero-order valence-corrected chi connectivity index (χ0v) is 16.4. The fourth-order valence-electron chi connectivity index (χ4n) is 2.36. The van der Waals surface area contributed by atoms with Crippen LogP contribution >= 0.6 is 0 Å². The highest BCUT2D eigenvalue weighted by Gasteiger charge is 2.13. The van der Waals surface area contributed by atoms with Crippen molar-refractivity contribution < 1.29 is 27.5 Å². The van der Waals surface area contributed by atoms with Crippen LogP contribution in [-0.2, 0) is 24.3 Å². The average Bonchev–Trinajstić information content (AvgIpc) is 2.64. The third-order valence-electron chi connectivity index (χ3n) is 3.70. The van der Waals surface area contributed by atoms with Gasteiger partial charge in [-0.2, -0.15) is 0 Å². The maximum Gasteiger partial charge on any atom is 0.344 e. The third kappa shape index (κ3) is 6.36. The summed E-state index contributed by atoms with van der Waals surface area (Å²) in [5.41, 5.74) is 1.18. The largest absolute Gasteiger partial charge is 0.482 e. The van der Waals surface area contributed by atoms with Crippen LogP contribution in [0.15, 0.2) is 53.4 Å². The quantitative estimate of drug-likeness (QED) is 0.646. The number of primary sulfonamides is 1. The molecular formula is C19H22N2O6S. The number of carbonyl (C=O) groups excluding carboxylic acids is 2. The van der Waals surface area contributed by atoms with E-state index in [0.29, 0.717) is 5.75 Å². The van der Waals surface area contributed by atoms with Gasteiger partial charge in [-0.15, -0.1) is 0 Å². The number of amides is 1. The summed E-state index contributed by atoms with van der Waals surface area (Å²) in [6.07, 6.45) is 0. The lowest BCUT2D eigenvalue weighted by molar-refractivity contribution is -0.149. The van der Waals surface area contributed by atoms with E-state index in [0.717, 1.165) is 5.56 Å². The van der Waals surface area contributed by atoms with Gasteiger partial charge in [0.1, 0.15) is 5.75 Å². The molecule has 2 aromatic carbocycles. The Balaban J connectivity index is 1.84. The third-order valence-corrected chi connectivity index (χ3v) is 4.61. The summed E-state index contributed by atoms with van der Waals surface area (Å²) in [7, 11) is -3.88. The van der Waals surface area contributed by atoms with Crippen molar-refractivity contribution in [2.75, 3.05) is 18.5 Å². The molecule has 8 nitrogen and oxygen atoms in total. The topological polar surface area (TPSA) is 125 Å². The molecule has 1 amide bonds. The van der Waals surface area contributed by atoms with E-state index < -0.39 is 28.5 Å². The molecule has 0 aromatic heterocycles. The SMILES string of the molecule is CC(C)c1ccccc1OCC(=O)OCC(=O)Nc1cccc(S(N)(=O)=O)c1. The van der Waals surface area contributed by atoms with Crippen LogP contribution in [0, 0.1) is 0 Å². The highest BCUT2D eigenvalue weighted by atomic mass is 32.2. The predicted molar refractivity (Wildman–Crippen MR) is 103 cm³/mol. The Morgan fingerprint density at radius 3 is 2.46 bits per heavy atom. The standard InChI is InChI=1S/C19H22N2O6S/c1-13(2)16-8-3-4-9-17(16)26-12-19(23)27-11-18(22)21-14-6-5-7-15(10-14)28(20,24)25/h3-10,13H,11-12H2,1-2H3,(H,21,22)(H2,20,24,25). The average molecular weight is 406 g/mol. The molecule has 0 saturated carbocycles. The molecule has 9 heteroatoms. The number of nitrogens with two attached hydrogens (primary N) is 1. The molecule has 150 valence electrons. The summed E-state index contributed by atoms with van der Waals surface area (Å²) in [5.74, 6) is -0.515. The maximum atomic E-state index is 11.9. The Morgan fingerprint density at radius 2 is 1.79 bits per heavy atom. The molecule has 0 spiro atoms. The Bertz CT molecular complexity index is 956. The van der Waals surface area contributed by atoms with Crippen molar-refractivity contribution in [3.05, 3.63) is 54.1 Å². The van der Waals surface area contributed by atoms with Crippen molar-refractivity contribution in [1.29, 1.82) is 0 Å². The monoisotopic (exact) mass is 406 g/mol. The normalized spacial score (nSPS) is 11.1. The lowest BCUT2D eigenvalue weighted by atomic mass is 10.0. The summed E-state index contributed by atoms with van der Waals surface area (Å²) in [5, 5.41) is 7.47. The zero-order valence-electron chi connectivity index (χ0n) is 15.5. The maximum absolute atomic E-state index is 11.9. The van der Waals surface area contributed by atoms with Crippen LogP contribution in [0.2, 0.25) is 0 Å². The molecule has 0 fully saturated rings. The first-order valence-corrected chi connectivity index (χ1v) is 10.0. The summed E-state index contributed by atoms with van der Waals surface area (Å²) in [4.78, 5) is 23.6. The Labute approximate surface area is 163 Å². The molecule has 3 N–H and O–H groups in total. The smallest absolute Gasteiger partial charge is 0.344 e. The highest BCUT2D eigenvalue weighted by molar-refractivity contribution is 7.89. The number of hydrogen-bond donors (Lipinski definition) is 2. The lowest BCUT2D eigenvalue weighted by Gasteiger charge is -2.13. The van der Waals surface area contributed by atoms with Crippen molar-refractivity contribution in [2.45, 2.75) is 24.7 Å². The summed E-state index contributed by atoms with van der Waals surface area (Å²) < 4.78 is 33.0. The number of hydrogen-bond acceptors (Lipinski definition) is 6. The number of carbonyl (C=O) groups is 2. The van der Waals surface area contributed by atoms with E-state index in [-0.39, 0.29) is 23.1 Å². The van der Waals surface area contributed by atoms with Gasteiger partial charge < -0.3 is 14.8 Å². The number of benzene rings is 2. The van der Waals surface area contributed by atoms with Gasteiger partial charge in [0.15, 0.2) is 13.2 Å². The molecule has 0 heterocycles. The second-order valence-corrected chi connectivity index (χ2v) is 7.82. The van der Waals surface area contributed by atoms with E-state index in [2.05, 4.69) is 5.32 Å². The van der Waals surface area contributed by atoms with Crippen LogP contribution in [0.5, 0.6) is 5.75 Å². The first-order valence-electron chi connectivity index (χ1n) is 8.47. The summed E-state index contributed by atoms with van der Waals surface area (Å²) in [6.45, 7) is 3.15. The van der Waals surface area contributed by atoms with Crippen molar-refractivity contribution in [3.63, 3.8) is 0 Å². The minimum Gasteiger partial charge on any atom is -0.482 e. The molecule has 0 aliphatic rings. The number of nitrogens with one attached hydrogen (secondary N) is 1. The summed E-state index contributed by atoms with van der Waals surface area (Å²) >= 11 is 0. The molecule has 0 radical (unpaired) electrons. The van der Waals surface area contributed by atoms with Crippen LogP contribution in [0.25, 0.3) is 0 Å². The fraction of sp³-hybridized carbons (Fsp3) is 0.263. The van der Waals surface area contributed by atoms with E-state index >= 15 is 0 Å². The number of para-hydroxylation sites is 1. The first-order chi connectivity index (χ1) is 13.2. The van der Waals surface area contributed by atoms with Gasteiger partial charge in [0.05, 0.1) is 4.90 Å². The van der Waals surface area contributed by atoms with Crippen LogP contribution in [0.1, 0.15) is 25.3 Å². The molecule has 0 aliphatic carbocycles. The van der Waals surface area contributed by atoms with Gasteiger partial charge in [0.2, 0.25) is 10.0 Å². The molecule has 0 saturated heterocycles. The van der Waals surface area contributed by atoms with Crippen molar-refractivity contribution in [1.82, 2.24) is 0 Å². The van der Waals surface area contributed by atoms with Gasteiger partial charge >= 0.3 is 5.97 Å². The van der Waals surface area contributed by atoms with Gasteiger partial charge in [-0.05, 0) is 35.7 Å². The predicted octanol–water partition coefficient (Wildman–Crippen LogP) is 2.02. The van der Waals surface area contributed by atoms with E-state index in [4.69, 9.17) is 14.6 Å². The minimum absolute atomic E-state index is 0.139. The van der Waals surface area contributed by atoms with Gasteiger partial charge in [-0.25, -0.2) is 18.4 Å². The van der Waals surface area contributed by atoms with Crippen molar-refractivity contribution in [2.24, 2.45) is 5.14 Å². The van der Waals surface area contributed by atoms with Crippen molar-refractivity contribution >= 4 is 27.6 Å². The van der Waals surface area contributed by atoms with E-state index in [1.807, 2.05) is 26.0 Å². The molecule has 0 bridgehead atoms. The number of sulfonamides is 1. The molecule has 0 aliphatic heterocycles. The minimum atomic E-state index is -3.88. The second-order valence-electron chi connectivity index (χ2n) is 6.26. The molecular weight excluding hydrogens is 384 g/mol. The van der Waals surface area contributed by atoms with E-state index in [9.17, 15) is 18.0 Å². The molecule has 28 heavy (non-hydrogen) atoms. The van der Waals surface area contributed by atoms with E-state index in [1.165, 1.54) is 24.3 Å². The van der Waals surface area contributed by atoms with Gasteiger partial charge in [-0.1, -0.05) is 38.1 Å². The number of ether oxygens (including phenoxy) is 2. The van der Waals surface area contributed by atoms with Crippen molar-refractivity contribution in [3.8, 4) is 5.75 Å². The van der Waals surface area contributed by atoms with E-state index in [1.54, 1.807) is 12.1 Å². The summed E-state index contributed by atoms with van der Waals surface area (Å²) in [6, 6.07) is 12.8. The highest BCUT2D eigenvalue weighted by Crippen LogP contribution is 2.25.